The molecule has 0 spiro atoms. The molecule has 8 amide bonds. The summed E-state index contributed by atoms with van der Waals surface area (Å²) < 4.78 is 5.49. The zero-order valence-electron chi connectivity index (χ0n) is 43.3. The molecular weight excluding hydrogens is 1020 g/mol. The number of hydrogen-bond acceptors (Lipinski definition) is 13. The van der Waals surface area contributed by atoms with Gasteiger partial charge in [0.2, 0.25) is 41.4 Å². The number of hydrogen-bond donors (Lipinski definition) is 12. The normalized spacial score (nSPS) is 15.2. The summed E-state index contributed by atoms with van der Waals surface area (Å²) in [6.07, 6.45) is 1.52. The lowest BCUT2D eigenvalue weighted by molar-refractivity contribution is -0.143. The first-order chi connectivity index (χ1) is 37.2. The van der Waals surface area contributed by atoms with Crippen molar-refractivity contribution in [3.63, 3.8) is 0 Å². The van der Waals surface area contributed by atoms with Gasteiger partial charge in [-0.1, -0.05) is 87.0 Å². The minimum Gasteiger partial charge on any atom is -0.481 e. The van der Waals surface area contributed by atoms with Crippen LogP contribution in [0.25, 0.3) is 22.0 Å². The van der Waals surface area contributed by atoms with Crippen LogP contribution in [0.4, 0.5) is 4.79 Å². The lowest BCUT2D eigenvalue weighted by Crippen LogP contribution is -2.55. The van der Waals surface area contributed by atoms with Gasteiger partial charge in [-0.3, -0.25) is 43.2 Å². The number of rotatable bonds is 25. The molecule has 2 aliphatic rings. The number of H-pyrrole nitrogens is 1. The van der Waals surface area contributed by atoms with Crippen molar-refractivity contribution in [2.75, 3.05) is 39.3 Å². The lowest BCUT2D eigenvalue weighted by atomic mass is 9.98. The van der Waals surface area contributed by atoms with Crippen molar-refractivity contribution in [2.45, 2.75) is 95.4 Å². The fourth-order valence-electron chi connectivity index (χ4n) is 8.83. The molecule has 418 valence electrons. The summed E-state index contributed by atoms with van der Waals surface area (Å²) in [7, 11) is 0. The number of nitrogens with one attached hydrogen (secondary N) is 8. The number of carboxylic acid groups (broad SMARTS) is 3. The Kier molecular flexibility index (Phi) is 22.2. The van der Waals surface area contributed by atoms with Gasteiger partial charge in [-0.15, -0.1) is 0 Å². The van der Waals surface area contributed by atoms with E-state index in [9.17, 15) is 63.0 Å². The predicted octanol–water partition coefficient (Wildman–Crippen LogP) is 0.457. The predicted molar refractivity (Wildman–Crippen MR) is 280 cm³/mol. The number of nitrogens with two attached hydrogens (primary N) is 1. The zero-order chi connectivity index (χ0) is 57.1. The highest BCUT2D eigenvalue weighted by atomic mass is 16.5. The third kappa shape index (κ3) is 17.1. The second-order valence-corrected chi connectivity index (χ2v) is 18.7. The van der Waals surface area contributed by atoms with Crippen LogP contribution in [0.1, 0.15) is 75.5 Å². The molecule has 25 nitrogen and oxygen atoms in total. The molecule has 6 atom stereocenters. The number of benzene rings is 3. The molecule has 6 rings (SSSR count). The smallest absolute Gasteiger partial charge is 0.407 e. The molecule has 1 aliphatic heterocycles. The number of alkyl carbamates (subject to hydrolysis) is 1. The van der Waals surface area contributed by atoms with E-state index in [1.165, 1.54) is 11.8 Å². The van der Waals surface area contributed by atoms with Gasteiger partial charge < -0.3 is 72.9 Å². The minimum atomic E-state index is -1.35. The molecule has 4 aromatic rings. The monoisotopic (exact) mass is 1080 g/mol. The summed E-state index contributed by atoms with van der Waals surface area (Å²) in [5, 5.41) is 45.0. The second-order valence-electron chi connectivity index (χ2n) is 18.7. The Balaban J connectivity index is 0.000000338. The largest absolute Gasteiger partial charge is 0.481 e. The third-order valence-corrected chi connectivity index (χ3v) is 13.1. The van der Waals surface area contributed by atoms with Crippen molar-refractivity contribution < 1.29 is 72.8 Å². The Morgan fingerprint density at radius 1 is 0.705 bits per heavy atom. The highest BCUT2D eigenvalue weighted by Gasteiger charge is 2.37. The van der Waals surface area contributed by atoms with Crippen LogP contribution in [0.15, 0.2) is 79.0 Å². The van der Waals surface area contributed by atoms with Crippen LogP contribution in [0, 0.1) is 5.92 Å². The number of amides is 8. The van der Waals surface area contributed by atoms with E-state index < -0.39 is 122 Å². The average molecular weight is 1080 g/mol. The quantitative estimate of drug-likeness (QED) is 0.0429. The van der Waals surface area contributed by atoms with E-state index >= 15 is 0 Å². The number of likely N-dealkylation sites (tertiary alicyclic amines) is 1. The van der Waals surface area contributed by atoms with Crippen LogP contribution in [-0.2, 0) is 59.1 Å². The first-order valence-corrected chi connectivity index (χ1v) is 25.3. The van der Waals surface area contributed by atoms with Crippen LogP contribution in [0.5, 0.6) is 0 Å². The SMILES string of the molecule is CC[C@H](C)[C@H](NC(=O)CNC(=O)[C@H](CCC(=O)O)NC(=O)[C@@H]1CCCN1C(=O)CNC(=O)OCC1c2ccccc2-c2ccccc21)C(=O)O.C[C@H](N)C(=O)NCC(=O)N[C@@H](Cc1c[nH]c2ccccc12)C(=O)NCC(=O)O. The number of ether oxygens (including phenoxy) is 1. The summed E-state index contributed by atoms with van der Waals surface area (Å²) in [4.78, 5) is 138. The number of carbonyl (C=O) groups is 11. The lowest BCUT2D eigenvalue weighted by Gasteiger charge is -2.26. The summed E-state index contributed by atoms with van der Waals surface area (Å²) in [5.74, 6) is -8.78. The number of nitrogens with zero attached hydrogens (tertiary/aromatic N) is 1. The Hall–Kier alpha value is -8.87. The van der Waals surface area contributed by atoms with Gasteiger partial charge in [0.15, 0.2) is 0 Å². The molecule has 0 radical (unpaired) electrons. The van der Waals surface area contributed by atoms with Gasteiger partial charge in [0.25, 0.3) is 0 Å². The van der Waals surface area contributed by atoms with E-state index in [1.807, 2.05) is 72.8 Å². The van der Waals surface area contributed by atoms with Gasteiger partial charge in [-0.25, -0.2) is 9.59 Å². The van der Waals surface area contributed by atoms with Gasteiger partial charge >= 0.3 is 24.0 Å². The molecule has 2 heterocycles. The maximum atomic E-state index is 13.3. The zero-order valence-corrected chi connectivity index (χ0v) is 43.3. The number of carbonyl (C=O) groups excluding carboxylic acids is 8. The molecule has 3 aromatic carbocycles. The van der Waals surface area contributed by atoms with Gasteiger partial charge in [0.05, 0.1) is 19.1 Å². The van der Waals surface area contributed by atoms with Crippen LogP contribution in [0.3, 0.4) is 0 Å². The molecule has 0 bridgehead atoms. The molecular formula is C53H66N10O15. The summed E-state index contributed by atoms with van der Waals surface area (Å²) in [5.41, 5.74) is 11.3. The minimum absolute atomic E-state index is 0.0578. The molecule has 1 saturated heterocycles. The van der Waals surface area contributed by atoms with Crippen molar-refractivity contribution in [1.29, 1.82) is 0 Å². The number of para-hydroxylation sites is 1. The van der Waals surface area contributed by atoms with Crippen LogP contribution < -0.4 is 43.0 Å². The number of aromatic amines is 1. The highest BCUT2D eigenvalue weighted by Crippen LogP contribution is 2.44. The maximum absolute atomic E-state index is 13.3. The van der Waals surface area contributed by atoms with Crippen LogP contribution in [-0.4, -0.2) is 160 Å². The van der Waals surface area contributed by atoms with E-state index in [4.69, 9.17) is 15.6 Å². The molecule has 25 heteroatoms. The van der Waals surface area contributed by atoms with E-state index in [1.54, 1.807) is 20.0 Å². The third-order valence-electron chi connectivity index (χ3n) is 13.1. The Morgan fingerprint density at radius 3 is 1.91 bits per heavy atom. The molecule has 0 unspecified atom stereocenters. The van der Waals surface area contributed by atoms with Crippen molar-refractivity contribution >= 4 is 76.3 Å². The van der Waals surface area contributed by atoms with Crippen molar-refractivity contribution in [3.8, 4) is 11.1 Å². The van der Waals surface area contributed by atoms with Gasteiger partial charge in [-0.2, -0.15) is 0 Å². The summed E-state index contributed by atoms with van der Waals surface area (Å²) in [6, 6.07) is 17.9. The maximum Gasteiger partial charge on any atom is 0.407 e. The fraction of sp³-hybridized carbons (Fsp3) is 0.415. The molecule has 1 fully saturated rings. The summed E-state index contributed by atoms with van der Waals surface area (Å²) in [6.45, 7) is 3.22. The molecule has 78 heavy (non-hydrogen) atoms. The van der Waals surface area contributed by atoms with Crippen molar-refractivity contribution in [2.24, 2.45) is 11.7 Å². The number of fused-ring (bicyclic) bond motifs is 4. The van der Waals surface area contributed by atoms with E-state index in [-0.39, 0.29) is 50.8 Å². The molecule has 1 aliphatic carbocycles. The summed E-state index contributed by atoms with van der Waals surface area (Å²) >= 11 is 0. The van der Waals surface area contributed by atoms with Gasteiger partial charge in [-0.05, 0) is 66.0 Å². The van der Waals surface area contributed by atoms with Crippen molar-refractivity contribution in [1.82, 2.24) is 47.1 Å². The van der Waals surface area contributed by atoms with E-state index in [0.29, 0.717) is 12.8 Å². The number of carboxylic acids is 3. The number of aromatic nitrogens is 1. The Morgan fingerprint density at radius 2 is 1.29 bits per heavy atom. The molecule has 1 aromatic heterocycles. The average Bonchev–Trinajstić information content (AvgIpc) is 4.17. The molecule has 13 N–H and O–H groups in total. The molecule has 0 saturated carbocycles. The van der Waals surface area contributed by atoms with Crippen LogP contribution in [0.2, 0.25) is 0 Å². The van der Waals surface area contributed by atoms with Crippen LogP contribution >= 0.6 is 0 Å². The first kappa shape index (κ1) is 60.0. The van der Waals surface area contributed by atoms with Gasteiger partial charge in [0, 0.05) is 42.4 Å². The van der Waals surface area contributed by atoms with E-state index in [2.05, 4.69) is 42.2 Å². The fourth-order valence-corrected chi connectivity index (χ4v) is 8.83. The Bertz CT molecular complexity index is 2810. The topological polar surface area (TPSA) is 387 Å². The van der Waals surface area contributed by atoms with Gasteiger partial charge in [0.1, 0.15) is 43.9 Å². The standard InChI is InChI=1S/C35H43N5O10.C18H23N5O5/c1-3-20(2)31(34(47)48)39-28(41)17-36-32(45)26(14-15-30(43)44)38-33(46)27-13-8-16-40(27)29(42)18-37-35(49)50-19-25-23-11-6-4-9-21(23)22-10-5-7-12-24(22)25;1-10(19)17(27)21-8-15(24)23-14(18(28)22-9-16(25)26)6-11-7-20-13-5-3-2-4-12(11)13/h4-7,9-12,20,25-27,31H,3,8,13-19H2,1-2H3,(H,36,45)(H,37,49)(H,38,46)(H,39,41)(H,43,44)(H,47,48);2-5,7,10,14,20H,6,8-9,19H2,1H3,(H,21,27)(H,22,28)(H,23,24)(H,25,26)/t20-,26-,27-,31-;10-,14-/m00/s1. The number of aliphatic carboxylic acids is 3. The highest BCUT2D eigenvalue weighted by molar-refractivity contribution is 5.96. The van der Waals surface area contributed by atoms with Crippen molar-refractivity contribution in [3.05, 3.63) is 95.7 Å². The first-order valence-electron chi connectivity index (χ1n) is 25.3. The van der Waals surface area contributed by atoms with E-state index in [0.717, 1.165) is 38.7 Å². The second kappa shape index (κ2) is 28.9. The Labute approximate surface area is 448 Å².